The summed E-state index contributed by atoms with van der Waals surface area (Å²) in [6.45, 7) is 15.2. The van der Waals surface area contributed by atoms with Gasteiger partial charge in [0, 0.05) is 77.3 Å². The molecule has 0 saturated carbocycles. The molecule has 4 rings (SSSR count). The number of nitrogens with one attached hydrogen (secondary N) is 3. The van der Waals surface area contributed by atoms with Crippen molar-refractivity contribution in [3.63, 3.8) is 0 Å². The predicted octanol–water partition coefficient (Wildman–Crippen LogP) is 4.74. The highest BCUT2D eigenvalue weighted by Gasteiger charge is 2.45. The van der Waals surface area contributed by atoms with Gasteiger partial charge in [0.15, 0.2) is 0 Å². The van der Waals surface area contributed by atoms with Crippen LogP contribution >= 0.6 is 7.75 Å². The van der Waals surface area contributed by atoms with Crippen LogP contribution in [0.3, 0.4) is 0 Å². The van der Waals surface area contributed by atoms with Crippen molar-refractivity contribution in [3.05, 3.63) is 78.1 Å². The summed E-state index contributed by atoms with van der Waals surface area (Å²) in [7, 11) is 0.904. The number of aromatic nitrogens is 1. The number of aliphatic hydroxyl groups is 1. The molecule has 8 amide bonds. The van der Waals surface area contributed by atoms with Crippen LogP contribution in [0, 0.1) is 29.6 Å². The molecule has 0 bridgehead atoms. The average Bonchev–Trinajstić information content (AvgIpc) is 4.09. The van der Waals surface area contributed by atoms with Crippen molar-refractivity contribution in [2.75, 3.05) is 47.9 Å². The van der Waals surface area contributed by atoms with E-state index in [-0.39, 0.29) is 55.9 Å². The van der Waals surface area contributed by atoms with Gasteiger partial charge in [-0.05, 0) is 81.5 Å². The summed E-state index contributed by atoms with van der Waals surface area (Å²) in [5.74, 6) is -6.44. The zero-order chi connectivity index (χ0) is 60.3. The molecular weight excluding hydrogens is 1060 g/mol. The van der Waals surface area contributed by atoms with E-state index in [1.165, 1.54) is 19.1 Å². The SMILES string of the molecule is CC[C@H](C)[C@@H]([C@@H](CC(=O)N1CCC([C@H](OC)[C@@H](C)C(=O)N[C@H](C)[C@@H](O)c2ccccc2)C1)OC)N(C)C(=O)[C@@H](NC(=O)C(C(C)C)N(C)P(=O)(O)OC(CCc1ccccn1)C(=O)NCCCCCC(=O)N1C(=O)C=CC1=O)C(C)C. The molecule has 450 valence electrons. The van der Waals surface area contributed by atoms with Gasteiger partial charge in [0.2, 0.25) is 35.4 Å². The van der Waals surface area contributed by atoms with Crippen molar-refractivity contribution in [2.24, 2.45) is 29.6 Å². The molecule has 81 heavy (non-hydrogen) atoms. The van der Waals surface area contributed by atoms with Crippen LogP contribution in [-0.2, 0) is 63.3 Å². The summed E-state index contributed by atoms with van der Waals surface area (Å²) in [6, 6.07) is 10.6. The average molecular weight is 1150 g/mol. The first-order valence-electron chi connectivity index (χ1n) is 28.2. The topological polar surface area (TPSA) is 284 Å². The first-order chi connectivity index (χ1) is 38.3. The summed E-state index contributed by atoms with van der Waals surface area (Å²) in [5, 5.41) is 19.4. The number of likely N-dealkylation sites (N-methyl/N-ethyl adjacent to an activating group) is 2. The Balaban J connectivity index is 1.42. The maximum absolute atomic E-state index is 14.8. The van der Waals surface area contributed by atoms with Gasteiger partial charge in [-0.25, -0.2) is 9.46 Å². The Morgan fingerprint density at radius 3 is 2.06 bits per heavy atom. The zero-order valence-corrected chi connectivity index (χ0v) is 50.2. The lowest BCUT2D eigenvalue weighted by molar-refractivity contribution is -0.148. The van der Waals surface area contributed by atoms with E-state index in [0.29, 0.717) is 61.4 Å². The highest BCUT2D eigenvalue weighted by atomic mass is 31.2. The number of likely N-dealkylation sites (tertiary alicyclic amines) is 1. The summed E-state index contributed by atoms with van der Waals surface area (Å²) in [6.07, 6.45) is 2.34. The number of benzene rings is 1. The molecule has 5 N–H and O–H groups in total. The molecule has 0 spiro atoms. The van der Waals surface area contributed by atoms with Crippen LogP contribution in [0.2, 0.25) is 0 Å². The van der Waals surface area contributed by atoms with Crippen LogP contribution in [-0.4, -0.2) is 172 Å². The number of amides is 8. The number of hydrogen-bond donors (Lipinski definition) is 5. The van der Waals surface area contributed by atoms with E-state index in [4.69, 9.17) is 14.0 Å². The molecule has 3 heterocycles. The molecule has 1 saturated heterocycles. The van der Waals surface area contributed by atoms with Gasteiger partial charge < -0.3 is 45.2 Å². The molecule has 4 unspecified atom stereocenters. The smallest absolute Gasteiger partial charge is 0.386 e. The number of aliphatic hydroxyl groups excluding tert-OH is 1. The number of rotatable bonds is 33. The third-order valence-corrected chi connectivity index (χ3v) is 17.2. The van der Waals surface area contributed by atoms with Crippen molar-refractivity contribution in [3.8, 4) is 0 Å². The van der Waals surface area contributed by atoms with E-state index in [9.17, 15) is 52.9 Å². The van der Waals surface area contributed by atoms with Gasteiger partial charge in [-0.1, -0.05) is 97.7 Å². The Labute approximate surface area is 478 Å². The van der Waals surface area contributed by atoms with Gasteiger partial charge in [0.05, 0.1) is 42.7 Å². The van der Waals surface area contributed by atoms with E-state index in [1.54, 1.807) is 97.1 Å². The Kier molecular flexibility index (Phi) is 26.9. The molecule has 1 fully saturated rings. The Bertz CT molecular complexity index is 2490. The fourth-order valence-corrected chi connectivity index (χ4v) is 12.0. The maximum Gasteiger partial charge on any atom is 0.406 e. The van der Waals surface area contributed by atoms with Crippen LogP contribution < -0.4 is 16.0 Å². The molecule has 12 atom stereocenters. The molecular formula is C58H89N8O14P. The fourth-order valence-electron chi connectivity index (χ4n) is 10.6. The second kappa shape index (κ2) is 32.2. The van der Waals surface area contributed by atoms with Crippen molar-refractivity contribution in [1.82, 2.24) is 40.3 Å². The molecule has 1 aromatic carbocycles. The third kappa shape index (κ3) is 18.9. The van der Waals surface area contributed by atoms with E-state index >= 15 is 0 Å². The first-order valence-corrected chi connectivity index (χ1v) is 29.8. The van der Waals surface area contributed by atoms with Crippen molar-refractivity contribution < 1.29 is 66.9 Å². The van der Waals surface area contributed by atoms with E-state index in [1.807, 2.05) is 32.0 Å². The minimum atomic E-state index is -4.97. The monoisotopic (exact) mass is 1150 g/mol. The van der Waals surface area contributed by atoms with E-state index in [0.717, 1.165) is 16.8 Å². The molecule has 22 nitrogen and oxygen atoms in total. The number of nitrogens with zero attached hydrogens (tertiary/aromatic N) is 5. The molecule has 1 aromatic heterocycles. The van der Waals surface area contributed by atoms with Crippen LogP contribution in [0.15, 0.2) is 66.9 Å². The number of imide groups is 3. The Morgan fingerprint density at radius 2 is 1.48 bits per heavy atom. The predicted molar refractivity (Wildman–Crippen MR) is 303 cm³/mol. The second-order valence-corrected chi connectivity index (χ2v) is 23.9. The number of ether oxygens (including phenoxy) is 2. The Morgan fingerprint density at radius 1 is 0.827 bits per heavy atom. The van der Waals surface area contributed by atoms with Gasteiger partial charge in [-0.2, -0.15) is 4.67 Å². The fraction of sp³-hybridized carbons (Fsp3) is 0.638. The second-order valence-electron chi connectivity index (χ2n) is 22.1. The van der Waals surface area contributed by atoms with Gasteiger partial charge in [0.1, 0.15) is 18.2 Å². The normalized spacial score (nSPS) is 19.0. The van der Waals surface area contributed by atoms with Crippen LogP contribution in [0.1, 0.15) is 124 Å². The summed E-state index contributed by atoms with van der Waals surface area (Å²) >= 11 is 0. The molecule has 2 aromatic rings. The maximum atomic E-state index is 14.8. The van der Waals surface area contributed by atoms with Crippen molar-refractivity contribution in [2.45, 2.75) is 162 Å². The third-order valence-electron chi connectivity index (χ3n) is 15.6. The van der Waals surface area contributed by atoms with Crippen molar-refractivity contribution >= 4 is 55.0 Å². The molecule has 2 aliphatic heterocycles. The first kappa shape index (κ1) is 67.8. The largest absolute Gasteiger partial charge is 0.406 e. The molecule has 2 aliphatic rings. The number of carbonyl (C=O) groups is 8. The summed E-state index contributed by atoms with van der Waals surface area (Å²) in [4.78, 5) is 127. The number of aryl methyl sites for hydroxylation is 1. The minimum Gasteiger partial charge on any atom is -0.386 e. The number of unbranched alkanes of at least 4 members (excludes halogenated alkanes) is 2. The highest BCUT2D eigenvalue weighted by Crippen LogP contribution is 2.49. The van der Waals surface area contributed by atoms with E-state index < -0.39 is 110 Å². The summed E-state index contributed by atoms with van der Waals surface area (Å²) in [5.41, 5.74) is 1.28. The van der Waals surface area contributed by atoms with Crippen LogP contribution in [0.4, 0.5) is 0 Å². The van der Waals surface area contributed by atoms with Crippen molar-refractivity contribution in [1.29, 1.82) is 0 Å². The number of hydrogen-bond acceptors (Lipinski definition) is 14. The van der Waals surface area contributed by atoms with Gasteiger partial charge in [-0.3, -0.25) is 47.9 Å². The zero-order valence-electron chi connectivity index (χ0n) is 49.3. The lowest BCUT2D eigenvalue weighted by Crippen LogP contribution is -2.59. The molecule has 23 heteroatoms. The minimum absolute atomic E-state index is 0.0568. The number of pyridine rings is 1. The molecule has 0 aliphatic carbocycles. The van der Waals surface area contributed by atoms with E-state index in [2.05, 4.69) is 20.9 Å². The van der Waals surface area contributed by atoms with Gasteiger partial charge in [-0.15, -0.1) is 0 Å². The lowest BCUT2D eigenvalue weighted by atomic mass is 9.89. The number of carbonyl (C=O) groups excluding carboxylic acids is 8. The van der Waals surface area contributed by atoms with Gasteiger partial charge >= 0.3 is 7.75 Å². The van der Waals surface area contributed by atoms with Gasteiger partial charge in [0.25, 0.3) is 11.8 Å². The van der Waals surface area contributed by atoms with Crippen LogP contribution in [0.25, 0.3) is 0 Å². The standard InChI is InChI=1S/C58H89N8O14P/c1-13-38(6)52(45(78-11)34-49(70)65-33-30-42(35-65)54(79-12)39(7)55(72)61-40(8)53(71)41-22-16-14-17-23-41)63(9)58(75)50(36(2)3)62-57(74)51(37(4)5)64(10)81(76,77)80-44(27-26-43-24-19-21-31-59-43)56(73)60-32-20-15-18-25-46(67)66-47(68)28-29-48(66)69/h14,16-17,19,21-24,28-29,31,36-40,42,44-45,50-54,71H,13,15,18,20,25-27,30,32-35H2,1-12H3,(H,60,73)(H,61,72)(H,62,74)(H,76,77)/t38-,39+,40+,42?,44?,45+,50-,51?,52-,53+,54+/m0/s1. The molecule has 0 radical (unpaired) electrons. The highest BCUT2D eigenvalue weighted by molar-refractivity contribution is 7.50. The lowest BCUT2D eigenvalue weighted by Gasteiger charge is -2.40. The Hall–Kier alpha value is -5.74. The summed E-state index contributed by atoms with van der Waals surface area (Å²) < 4.78 is 33.0. The van der Waals surface area contributed by atoms with Crippen LogP contribution in [0.5, 0.6) is 0 Å². The number of methoxy groups -OCH3 is 2. The quantitative estimate of drug-likeness (QED) is 0.0367.